The molecule has 1 aromatic carbocycles. The quantitative estimate of drug-likeness (QED) is 0.717. The molecule has 1 aromatic rings. The first kappa shape index (κ1) is 19.9. The summed E-state index contributed by atoms with van der Waals surface area (Å²) in [6.45, 7) is 6.05. The smallest absolute Gasteiger partial charge is 0.238 e. The largest absolute Gasteiger partial charge is 0.332 e. The highest BCUT2D eigenvalue weighted by Gasteiger charge is 2.30. The van der Waals surface area contributed by atoms with Gasteiger partial charge in [0.1, 0.15) is 5.75 Å². The summed E-state index contributed by atoms with van der Waals surface area (Å²) < 4.78 is 24.4. The van der Waals surface area contributed by atoms with E-state index in [4.69, 9.17) is 0 Å². The number of rotatable bonds is 8. The number of sulfone groups is 1. The number of nitrogens with zero attached hydrogens (tertiary/aromatic N) is 1. The van der Waals surface area contributed by atoms with Gasteiger partial charge < -0.3 is 10.2 Å². The maximum Gasteiger partial charge on any atom is 0.238 e. The SMILES string of the molecule is CCCCCS(=O)(=O)CC(=O)N1CCNCC1c1ccc(CC)cc1. The fourth-order valence-corrected chi connectivity index (χ4v) is 4.52. The topological polar surface area (TPSA) is 66.5 Å². The fourth-order valence-electron chi connectivity index (χ4n) is 3.19. The minimum atomic E-state index is -3.33. The van der Waals surface area contributed by atoms with Crippen LogP contribution in [0.1, 0.15) is 50.3 Å². The number of unbranched alkanes of at least 4 members (excludes halogenated alkanes) is 2. The third kappa shape index (κ3) is 5.82. The zero-order valence-electron chi connectivity index (χ0n) is 15.3. The molecule has 0 radical (unpaired) electrons. The van der Waals surface area contributed by atoms with Crippen LogP contribution in [0.4, 0.5) is 0 Å². The predicted octanol–water partition coefficient (Wildman–Crippen LogP) is 2.33. The van der Waals surface area contributed by atoms with Crippen molar-refractivity contribution in [1.82, 2.24) is 10.2 Å². The van der Waals surface area contributed by atoms with E-state index in [0.717, 1.165) is 24.8 Å². The van der Waals surface area contributed by atoms with E-state index in [1.54, 1.807) is 4.90 Å². The van der Waals surface area contributed by atoms with E-state index in [9.17, 15) is 13.2 Å². The molecule has 1 fully saturated rings. The van der Waals surface area contributed by atoms with Crippen LogP contribution in [0.15, 0.2) is 24.3 Å². The van der Waals surface area contributed by atoms with Crippen LogP contribution in [-0.4, -0.2) is 50.4 Å². The van der Waals surface area contributed by atoms with E-state index < -0.39 is 9.84 Å². The molecule has 1 unspecified atom stereocenters. The van der Waals surface area contributed by atoms with Crippen molar-refractivity contribution >= 4 is 15.7 Å². The Hall–Kier alpha value is -1.40. The van der Waals surface area contributed by atoms with Crippen molar-refractivity contribution < 1.29 is 13.2 Å². The van der Waals surface area contributed by atoms with E-state index in [-0.39, 0.29) is 23.5 Å². The first-order valence-corrected chi connectivity index (χ1v) is 11.1. The summed E-state index contributed by atoms with van der Waals surface area (Å²) in [5.74, 6) is -0.544. The Bertz CT molecular complexity index is 656. The molecule has 2 rings (SSSR count). The molecular weight excluding hydrogens is 336 g/mol. The van der Waals surface area contributed by atoms with Gasteiger partial charge in [-0.2, -0.15) is 0 Å². The lowest BCUT2D eigenvalue weighted by Crippen LogP contribution is -2.50. The fraction of sp³-hybridized carbons (Fsp3) is 0.632. The number of piperazine rings is 1. The summed E-state index contributed by atoms with van der Waals surface area (Å²) in [4.78, 5) is 14.4. The predicted molar refractivity (Wildman–Crippen MR) is 101 cm³/mol. The van der Waals surface area contributed by atoms with Crippen LogP contribution < -0.4 is 5.32 Å². The van der Waals surface area contributed by atoms with Gasteiger partial charge in [-0.25, -0.2) is 8.42 Å². The maximum absolute atomic E-state index is 12.7. The number of amides is 1. The van der Waals surface area contributed by atoms with E-state index in [1.165, 1.54) is 5.56 Å². The highest BCUT2D eigenvalue weighted by molar-refractivity contribution is 7.92. The van der Waals surface area contributed by atoms with Crippen LogP contribution >= 0.6 is 0 Å². The molecule has 1 atom stereocenters. The average Bonchev–Trinajstić information content (AvgIpc) is 2.61. The molecule has 0 aliphatic carbocycles. The van der Waals surface area contributed by atoms with Gasteiger partial charge >= 0.3 is 0 Å². The molecule has 0 spiro atoms. The minimum Gasteiger partial charge on any atom is -0.332 e. The normalized spacial score (nSPS) is 18.3. The second-order valence-corrected chi connectivity index (χ2v) is 8.89. The van der Waals surface area contributed by atoms with Gasteiger partial charge in [0.2, 0.25) is 5.91 Å². The number of nitrogens with one attached hydrogen (secondary N) is 1. The summed E-state index contributed by atoms with van der Waals surface area (Å²) in [5, 5.41) is 3.31. The highest BCUT2D eigenvalue weighted by Crippen LogP contribution is 2.23. The van der Waals surface area contributed by atoms with Gasteiger partial charge in [-0.15, -0.1) is 0 Å². The highest BCUT2D eigenvalue weighted by atomic mass is 32.2. The second-order valence-electron chi connectivity index (χ2n) is 6.70. The van der Waals surface area contributed by atoms with E-state index in [2.05, 4.69) is 24.4 Å². The molecule has 0 bridgehead atoms. The Morgan fingerprint density at radius 3 is 2.56 bits per heavy atom. The summed E-state index contributed by atoms with van der Waals surface area (Å²) in [7, 11) is -3.33. The van der Waals surface area contributed by atoms with Gasteiger partial charge in [0, 0.05) is 19.6 Å². The summed E-state index contributed by atoms with van der Waals surface area (Å²) >= 11 is 0. The molecule has 0 aromatic heterocycles. The van der Waals surface area contributed by atoms with Crippen LogP contribution in [-0.2, 0) is 21.1 Å². The molecule has 25 heavy (non-hydrogen) atoms. The Kier molecular flexibility index (Phi) is 7.44. The molecule has 0 saturated carbocycles. The van der Waals surface area contributed by atoms with Crippen LogP contribution in [0.3, 0.4) is 0 Å². The Labute approximate surface area is 151 Å². The van der Waals surface area contributed by atoms with Crippen molar-refractivity contribution in [2.75, 3.05) is 31.1 Å². The maximum atomic E-state index is 12.7. The van der Waals surface area contributed by atoms with Crippen LogP contribution in [0.2, 0.25) is 0 Å². The van der Waals surface area contributed by atoms with Crippen LogP contribution in [0.25, 0.3) is 0 Å². The van der Waals surface area contributed by atoms with Crippen molar-refractivity contribution in [2.45, 2.75) is 45.6 Å². The zero-order valence-corrected chi connectivity index (χ0v) is 16.1. The molecule has 1 heterocycles. The van der Waals surface area contributed by atoms with Crippen molar-refractivity contribution in [2.24, 2.45) is 0 Å². The Morgan fingerprint density at radius 1 is 1.20 bits per heavy atom. The summed E-state index contributed by atoms with van der Waals surface area (Å²) in [6, 6.07) is 8.15. The van der Waals surface area contributed by atoms with Gasteiger partial charge in [0.15, 0.2) is 9.84 Å². The first-order valence-electron chi connectivity index (χ1n) is 9.26. The van der Waals surface area contributed by atoms with Gasteiger partial charge in [-0.05, 0) is 24.0 Å². The third-order valence-electron chi connectivity index (χ3n) is 4.74. The minimum absolute atomic E-state index is 0.0991. The number of carbonyl (C=O) groups is 1. The summed E-state index contributed by atoms with van der Waals surface area (Å²) in [6.07, 6.45) is 3.46. The molecular formula is C19H30N2O3S. The molecule has 5 nitrogen and oxygen atoms in total. The Morgan fingerprint density at radius 2 is 1.92 bits per heavy atom. The lowest BCUT2D eigenvalue weighted by molar-refractivity contribution is -0.131. The number of benzene rings is 1. The molecule has 1 amide bonds. The lowest BCUT2D eigenvalue weighted by atomic mass is 10.0. The van der Waals surface area contributed by atoms with Crippen molar-refractivity contribution in [1.29, 1.82) is 0 Å². The van der Waals surface area contributed by atoms with Gasteiger partial charge in [0.25, 0.3) is 0 Å². The molecule has 6 heteroatoms. The standard InChI is InChI=1S/C19H30N2O3S/c1-3-5-6-13-25(23,24)15-19(22)21-12-11-20-14-18(21)17-9-7-16(4-2)8-10-17/h7-10,18,20H,3-6,11-15H2,1-2H3. The third-order valence-corrected chi connectivity index (χ3v) is 6.34. The molecule has 1 aliphatic rings. The monoisotopic (exact) mass is 366 g/mol. The molecule has 140 valence electrons. The van der Waals surface area contributed by atoms with E-state index >= 15 is 0 Å². The van der Waals surface area contributed by atoms with Crippen LogP contribution in [0.5, 0.6) is 0 Å². The number of hydrogen-bond donors (Lipinski definition) is 1. The molecule has 1 N–H and O–H groups in total. The first-order chi connectivity index (χ1) is 12.0. The van der Waals surface area contributed by atoms with Crippen LogP contribution in [0, 0.1) is 0 Å². The average molecular weight is 367 g/mol. The molecule has 1 saturated heterocycles. The van der Waals surface area contributed by atoms with E-state index in [0.29, 0.717) is 26.1 Å². The lowest BCUT2D eigenvalue weighted by Gasteiger charge is -2.36. The second kappa shape index (κ2) is 9.34. The van der Waals surface area contributed by atoms with Crippen molar-refractivity contribution in [3.63, 3.8) is 0 Å². The van der Waals surface area contributed by atoms with Crippen molar-refractivity contribution in [3.05, 3.63) is 35.4 Å². The van der Waals surface area contributed by atoms with Crippen molar-refractivity contribution in [3.8, 4) is 0 Å². The van der Waals surface area contributed by atoms with Gasteiger partial charge in [0.05, 0.1) is 11.8 Å². The van der Waals surface area contributed by atoms with E-state index in [1.807, 2.05) is 19.1 Å². The number of aryl methyl sites for hydroxylation is 1. The van der Waals surface area contributed by atoms with Gasteiger partial charge in [-0.1, -0.05) is 51.0 Å². The number of hydrogen-bond acceptors (Lipinski definition) is 4. The molecule has 1 aliphatic heterocycles. The zero-order chi connectivity index (χ0) is 18.3. The number of carbonyl (C=O) groups excluding carboxylic acids is 1. The van der Waals surface area contributed by atoms with Gasteiger partial charge in [-0.3, -0.25) is 4.79 Å². The Balaban J connectivity index is 2.07. The summed E-state index contributed by atoms with van der Waals surface area (Å²) in [5.41, 5.74) is 2.31.